The molecule has 1 aliphatic rings. The van der Waals surface area contributed by atoms with E-state index in [0.717, 1.165) is 9.78 Å². The molecule has 2 heterocycles. The average Bonchev–Trinajstić information content (AvgIpc) is 3.06. The standard InChI is InChI=1S/C17H15ClN2O3S/c1-10-7-8-14(24-10)13(21)9-20-15(22)17(2,19-16(20)23)11-5-3-4-6-12(11)18/h3-8H,9H2,1-2H3,(H,19,23)/t17-/m0/s1. The number of ketones is 1. The van der Waals surface area contributed by atoms with E-state index in [1.807, 2.05) is 13.0 Å². The number of amides is 3. The Morgan fingerprint density at radius 2 is 1.96 bits per heavy atom. The highest BCUT2D eigenvalue weighted by atomic mass is 35.5. The second-order valence-corrected chi connectivity index (χ2v) is 7.45. The second-order valence-electron chi connectivity index (χ2n) is 5.76. The number of aryl methyl sites for hydroxylation is 1. The number of Topliss-reactive ketones (excluding diaryl/α,β-unsaturated/α-hetero) is 1. The van der Waals surface area contributed by atoms with Crippen LogP contribution in [-0.4, -0.2) is 29.2 Å². The molecular weight excluding hydrogens is 348 g/mol. The molecule has 1 fully saturated rings. The van der Waals surface area contributed by atoms with Crippen LogP contribution in [0.15, 0.2) is 36.4 Å². The van der Waals surface area contributed by atoms with Crippen LogP contribution >= 0.6 is 22.9 Å². The van der Waals surface area contributed by atoms with Crippen molar-refractivity contribution in [2.75, 3.05) is 6.54 Å². The molecule has 0 unspecified atom stereocenters. The molecule has 3 amide bonds. The van der Waals surface area contributed by atoms with Gasteiger partial charge in [-0.3, -0.25) is 14.5 Å². The highest BCUT2D eigenvalue weighted by molar-refractivity contribution is 7.14. The van der Waals surface area contributed by atoms with Crippen molar-refractivity contribution in [1.29, 1.82) is 0 Å². The van der Waals surface area contributed by atoms with Crippen molar-refractivity contribution in [3.05, 3.63) is 56.7 Å². The fraction of sp³-hybridized carbons (Fsp3) is 0.235. The maximum atomic E-state index is 12.8. The molecule has 0 radical (unpaired) electrons. The molecule has 1 atom stereocenters. The number of nitrogens with one attached hydrogen (secondary N) is 1. The number of hydrogen-bond donors (Lipinski definition) is 1. The van der Waals surface area contributed by atoms with Crippen molar-refractivity contribution >= 4 is 40.7 Å². The third-order valence-corrected chi connectivity index (χ3v) is 5.38. The zero-order valence-corrected chi connectivity index (χ0v) is 14.7. The van der Waals surface area contributed by atoms with E-state index in [9.17, 15) is 14.4 Å². The summed E-state index contributed by atoms with van der Waals surface area (Å²) in [7, 11) is 0. The molecule has 24 heavy (non-hydrogen) atoms. The predicted molar refractivity (Wildman–Crippen MR) is 92.4 cm³/mol. The van der Waals surface area contributed by atoms with Crippen LogP contribution < -0.4 is 5.32 Å². The maximum Gasteiger partial charge on any atom is 0.325 e. The Labute approximate surface area is 148 Å². The summed E-state index contributed by atoms with van der Waals surface area (Å²) in [6.45, 7) is 3.20. The number of urea groups is 1. The minimum absolute atomic E-state index is 0.264. The van der Waals surface area contributed by atoms with Crippen LogP contribution in [0.2, 0.25) is 5.02 Å². The maximum absolute atomic E-state index is 12.8. The normalized spacial score (nSPS) is 20.4. The highest BCUT2D eigenvalue weighted by Crippen LogP contribution is 2.33. The molecule has 0 bridgehead atoms. The molecule has 1 saturated heterocycles. The van der Waals surface area contributed by atoms with Gasteiger partial charge in [-0.2, -0.15) is 0 Å². The molecule has 124 valence electrons. The average molecular weight is 363 g/mol. The first-order valence-electron chi connectivity index (χ1n) is 7.31. The van der Waals surface area contributed by atoms with Gasteiger partial charge >= 0.3 is 6.03 Å². The number of benzene rings is 1. The van der Waals surface area contributed by atoms with E-state index in [0.29, 0.717) is 15.5 Å². The molecule has 0 spiro atoms. The molecule has 1 N–H and O–H groups in total. The number of carbonyl (C=O) groups is 3. The van der Waals surface area contributed by atoms with Gasteiger partial charge in [0.05, 0.1) is 11.4 Å². The lowest BCUT2D eigenvalue weighted by Crippen LogP contribution is -2.41. The molecule has 1 aliphatic heterocycles. The fourth-order valence-corrected chi connectivity index (χ4v) is 3.82. The van der Waals surface area contributed by atoms with Crippen molar-refractivity contribution < 1.29 is 14.4 Å². The van der Waals surface area contributed by atoms with E-state index in [1.165, 1.54) is 11.3 Å². The summed E-state index contributed by atoms with van der Waals surface area (Å²) in [6.07, 6.45) is 0. The van der Waals surface area contributed by atoms with Crippen LogP contribution in [0.1, 0.15) is 27.0 Å². The Hall–Kier alpha value is -2.18. The predicted octanol–water partition coefficient (Wildman–Crippen LogP) is 3.36. The second kappa shape index (κ2) is 6.03. The van der Waals surface area contributed by atoms with Crippen LogP contribution in [0, 0.1) is 6.92 Å². The van der Waals surface area contributed by atoms with Crippen LogP contribution in [0.3, 0.4) is 0 Å². The summed E-state index contributed by atoms with van der Waals surface area (Å²) < 4.78 is 0. The van der Waals surface area contributed by atoms with Crippen molar-refractivity contribution in [2.24, 2.45) is 0 Å². The van der Waals surface area contributed by atoms with Gasteiger partial charge < -0.3 is 5.32 Å². The third-order valence-electron chi connectivity index (χ3n) is 4.00. The first-order valence-corrected chi connectivity index (χ1v) is 8.51. The summed E-state index contributed by atoms with van der Waals surface area (Å²) in [5.41, 5.74) is -0.770. The van der Waals surface area contributed by atoms with Crippen molar-refractivity contribution in [2.45, 2.75) is 19.4 Å². The molecule has 3 rings (SSSR count). The molecule has 5 nitrogen and oxygen atoms in total. The number of carbonyl (C=O) groups excluding carboxylic acids is 3. The highest BCUT2D eigenvalue weighted by Gasteiger charge is 2.50. The molecular formula is C17H15ClN2O3S. The van der Waals surface area contributed by atoms with Crippen LogP contribution in [0.5, 0.6) is 0 Å². The Morgan fingerprint density at radius 1 is 1.25 bits per heavy atom. The lowest BCUT2D eigenvalue weighted by atomic mass is 9.92. The van der Waals surface area contributed by atoms with Crippen molar-refractivity contribution in [1.82, 2.24) is 10.2 Å². The van der Waals surface area contributed by atoms with Crippen LogP contribution in [0.4, 0.5) is 4.79 Å². The van der Waals surface area contributed by atoms with Crippen LogP contribution in [0.25, 0.3) is 0 Å². The minimum Gasteiger partial charge on any atom is -0.319 e. The lowest BCUT2D eigenvalue weighted by Gasteiger charge is -2.23. The number of rotatable bonds is 4. The molecule has 0 aliphatic carbocycles. The summed E-state index contributed by atoms with van der Waals surface area (Å²) in [5, 5.41) is 3.04. The number of hydrogen-bond acceptors (Lipinski definition) is 4. The first kappa shape index (κ1) is 16.7. The van der Waals surface area contributed by atoms with Gasteiger partial charge in [0.25, 0.3) is 5.91 Å². The number of thiophene rings is 1. The van der Waals surface area contributed by atoms with Gasteiger partial charge in [0.15, 0.2) is 5.78 Å². The molecule has 1 aromatic heterocycles. The van der Waals surface area contributed by atoms with E-state index in [4.69, 9.17) is 11.6 Å². The quantitative estimate of drug-likeness (QED) is 0.670. The van der Waals surface area contributed by atoms with Gasteiger partial charge in [-0.05, 0) is 32.0 Å². The van der Waals surface area contributed by atoms with Crippen molar-refractivity contribution in [3.63, 3.8) is 0 Å². The van der Waals surface area contributed by atoms with Crippen LogP contribution in [-0.2, 0) is 10.3 Å². The Kier molecular flexibility index (Phi) is 4.19. The third kappa shape index (κ3) is 2.72. The van der Waals surface area contributed by atoms with Gasteiger partial charge in [-0.1, -0.05) is 29.8 Å². The lowest BCUT2D eigenvalue weighted by molar-refractivity contribution is -0.130. The number of nitrogens with zero attached hydrogens (tertiary/aromatic N) is 1. The summed E-state index contributed by atoms with van der Waals surface area (Å²) in [6, 6.07) is 9.78. The van der Waals surface area contributed by atoms with E-state index in [2.05, 4.69) is 5.32 Å². The number of halogens is 1. The SMILES string of the molecule is Cc1ccc(C(=O)CN2C(=O)N[C@@](C)(c3ccccc3Cl)C2=O)s1. The van der Waals surface area contributed by atoms with Gasteiger partial charge in [0.1, 0.15) is 5.54 Å². The minimum atomic E-state index is -1.28. The molecule has 2 aromatic rings. The largest absolute Gasteiger partial charge is 0.325 e. The van der Waals surface area contributed by atoms with E-state index < -0.39 is 17.5 Å². The zero-order chi connectivity index (χ0) is 17.5. The number of imide groups is 1. The Bertz CT molecular complexity index is 848. The smallest absolute Gasteiger partial charge is 0.319 e. The van der Waals surface area contributed by atoms with Gasteiger partial charge in [0.2, 0.25) is 0 Å². The topological polar surface area (TPSA) is 66.5 Å². The summed E-state index contributed by atoms with van der Waals surface area (Å²) >= 11 is 7.51. The summed E-state index contributed by atoms with van der Waals surface area (Å²) in [5.74, 6) is -0.748. The monoisotopic (exact) mass is 362 g/mol. The van der Waals surface area contributed by atoms with Crippen molar-refractivity contribution in [3.8, 4) is 0 Å². The molecule has 7 heteroatoms. The van der Waals surface area contributed by atoms with Gasteiger partial charge in [-0.15, -0.1) is 11.3 Å². The first-order chi connectivity index (χ1) is 11.3. The van der Waals surface area contributed by atoms with E-state index in [-0.39, 0.29) is 12.3 Å². The molecule has 0 saturated carbocycles. The van der Waals surface area contributed by atoms with E-state index in [1.54, 1.807) is 37.3 Å². The Morgan fingerprint density at radius 3 is 2.58 bits per heavy atom. The summed E-state index contributed by atoms with van der Waals surface area (Å²) in [4.78, 5) is 39.9. The van der Waals surface area contributed by atoms with E-state index >= 15 is 0 Å². The Balaban J connectivity index is 1.87. The van der Waals surface area contributed by atoms with Gasteiger partial charge in [-0.25, -0.2) is 4.79 Å². The van der Waals surface area contributed by atoms with Gasteiger partial charge in [0, 0.05) is 15.5 Å². The fourth-order valence-electron chi connectivity index (χ4n) is 2.70. The zero-order valence-electron chi connectivity index (χ0n) is 13.1. The molecule has 1 aromatic carbocycles.